The lowest BCUT2D eigenvalue weighted by atomic mass is 9.97. The molecule has 27 heavy (non-hydrogen) atoms. The number of aldehydes is 1. The topological polar surface area (TPSA) is 65.2 Å². The average molecular weight is 383 g/mol. The third-order valence-corrected chi connectivity index (χ3v) is 5.00. The summed E-state index contributed by atoms with van der Waals surface area (Å²) in [6, 6.07) is 13.1. The zero-order valence-electron chi connectivity index (χ0n) is 15.1. The van der Waals surface area contributed by atoms with Crippen LogP contribution >= 0.6 is 11.6 Å². The molecule has 1 aliphatic rings. The highest BCUT2D eigenvalue weighted by atomic mass is 35.5. The van der Waals surface area contributed by atoms with E-state index in [1.165, 1.54) is 0 Å². The van der Waals surface area contributed by atoms with Gasteiger partial charge in [0.1, 0.15) is 12.0 Å². The maximum absolute atomic E-state index is 11.3. The Morgan fingerprint density at radius 2 is 1.85 bits per heavy atom. The van der Waals surface area contributed by atoms with Gasteiger partial charge in [0.2, 0.25) is 5.82 Å². The van der Waals surface area contributed by atoms with Crippen molar-refractivity contribution in [3.8, 4) is 28.6 Å². The zero-order chi connectivity index (χ0) is 19.0. The molecule has 1 fully saturated rings. The Morgan fingerprint density at radius 3 is 2.44 bits per heavy atom. The summed E-state index contributed by atoms with van der Waals surface area (Å²) < 4.78 is 11.0. The molecule has 0 spiro atoms. The number of rotatable bonds is 6. The Bertz CT molecular complexity index is 975. The van der Waals surface area contributed by atoms with E-state index in [1.807, 2.05) is 44.2 Å². The SMILES string of the molecule is CC(C)Oc1ccc(-c2noc(-c3ccc(C4(C=O)CC4)cc3)n2)cc1Cl. The molecule has 5 nitrogen and oxygen atoms in total. The molecule has 6 heteroatoms. The fraction of sp³-hybridized carbons (Fsp3) is 0.286. The second-order valence-electron chi connectivity index (χ2n) is 7.09. The molecule has 1 aliphatic carbocycles. The van der Waals surface area contributed by atoms with E-state index in [1.54, 1.807) is 12.1 Å². The number of hydrogen-bond acceptors (Lipinski definition) is 5. The van der Waals surface area contributed by atoms with Crippen LogP contribution in [0.25, 0.3) is 22.8 Å². The third kappa shape index (κ3) is 3.47. The molecule has 0 unspecified atom stereocenters. The molecule has 0 radical (unpaired) electrons. The molecular formula is C21H19ClN2O3. The first-order chi connectivity index (χ1) is 13.0. The minimum atomic E-state index is -0.283. The Hall–Kier alpha value is -2.66. The number of hydrogen-bond donors (Lipinski definition) is 0. The quantitative estimate of drug-likeness (QED) is 0.556. The normalized spacial score (nSPS) is 15.0. The number of nitrogens with zero attached hydrogens (tertiary/aromatic N) is 2. The predicted molar refractivity (Wildman–Crippen MR) is 103 cm³/mol. The largest absolute Gasteiger partial charge is 0.489 e. The number of halogens is 1. The van der Waals surface area contributed by atoms with Crippen molar-refractivity contribution in [1.82, 2.24) is 10.1 Å². The van der Waals surface area contributed by atoms with Gasteiger partial charge >= 0.3 is 0 Å². The summed E-state index contributed by atoms with van der Waals surface area (Å²) in [5, 5.41) is 4.55. The van der Waals surface area contributed by atoms with Gasteiger partial charge in [-0.15, -0.1) is 0 Å². The van der Waals surface area contributed by atoms with E-state index in [0.717, 1.165) is 35.8 Å². The first-order valence-electron chi connectivity index (χ1n) is 8.88. The van der Waals surface area contributed by atoms with E-state index in [4.69, 9.17) is 20.9 Å². The molecule has 1 heterocycles. The van der Waals surface area contributed by atoms with Gasteiger partial charge in [-0.25, -0.2) is 0 Å². The van der Waals surface area contributed by atoms with E-state index in [0.29, 0.717) is 22.5 Å². The highest BCUT2D eigenvalue weighted by molar-refractivity contribution is 6.32. The van der Waals surface area contributed by atoms with E-state index in [9.17, 15) is 4.79 Å². The van der Waals surface area contributed by atoms with Crippen LogP contribution in [-0.2, 0) is 10.2 Å². The van der Waals surface area contributed by atoms with E-state index >= 15 is 0 Å². The first kappa shape index (κ1) is 17.7. The molecule has 1 aromatic heterocycles. The lowest BCUT2D eigenvalue weighted by Gasteiger charge is -2.11. The standard InChI is InChI=1S/C21H19ClN2O3/c1-13(2)26-18-8-5-15(11-17(18)22)19-23-20(27-24-19)14-3-6-16(7-4-14)21(12-25)9-10-21/h3-8,11-13H,9-10H2,1-2H3. The molecule has 3 aromatic rings. The van der Waals surface area contributed by atoms with Crippen molar-refractivity contribution in [2.45, 2.75) is 38.2 Å². The third-order valence-electron chi connectivity index (χ3n) is 4.70. The van der Waals surface area contributed by atoms with Gasteiger partial charge in [-0.3, -0.25) is 0 Å². The van der Waals surface area contributed by atoms with Gasteiger partial charge in [0, 0.05) is 11.1 Å². The number of ether oxygens (including phenoxy) is 1. The Kier molecular flexibility index (Phi) is 4.48. The van der Waals surface area contributed by atoms with Crippen molar-refractivity contribution in [2.24, 2.45) is 0 Å². The van der Waals surface area contributed by atoms with Gasteiger partial charge in [-0.05, 0) is 62.6 Å². The maximum atomic E-state index is 11.3. The maximum Gasteiger partial charge on any atom is 0.258 e. The van der Waals surface area contributed by atoms with Gasteiger partial charge in [-0.1, -0.05) is 28.9 Å². The molecule has 0 N–H and O–H groups in total. The number of carbonyl (C=O) groups is 1. The van der Waals surface area contributed by atoms with Crippen LogP contribution in [0.15, 0.2) is 47.0 Å². The van der Waals surface area contributed by atoms with Gasteiger partial charge in [0.25, 0.3) is 5.89 Å². The summed E-state index contributed by atoms with van der Waals surface area (Å²) in [5.74, 6) is 1.50. The summed E-state index contributed by atoms with van der Waals surface area (Å²) in [4.78, 5) is 15.7. The van der Waals surface area contributed by atoms with E-state index in [-0.39, 0.29) is 11.5 Å². The minimum Gasteiger partial charge on any atom is -0.489 e. The molecule has 138 valence electrons. The summed E-state index contributed by atoms with van der Waals surface area (Å²) in [6.07, 6.45) is 2.92. The van der Waals surface area contributed by atoms with Crippen molar-refractivity contribution in [3.63, 3.8) is 0 Å². The smallest absolute Gasteiger partial charge is 0.258 e. The Morgan fingerprint density at radius 1 is 1.15 bits per heavy atom. The fourth-order valence-electron chi connectivity index (χ4n) is 3.00. The molecule has 0 atom stereocenters. The second-order valence-corrected chi connectivity index (χ2v) is 7.49. The monoisotopic (exact) mass is 382 g/mol. The molecule has 2 aromatic carbocycles. The van der Waals surface area contributed by atoms with Crippen molar-refractivity contribution >= 4 is 17.9 Å². The summed E-state index contributed by atoms with van der Waals surface area (Å²) in [6.45, 7) is 3.89. The van der Waals surface area contributed by atoms with Crippen molar-refractivity contribution < 1.29 is 14.1 Å². The highest BCUT2D eigenvalue weighted by Crippen LogP contribution is 2.46. The first-order valence-corrected chi connectivity index (χ1v) is 9.26. The van der Waals surface area contributed by atoms with Crippen LogP contribution in [0, 0.1) is 0 Å². The van der Waals surface area contributed by atoms with Crippen LogP contribution in [0.3, 0.4) is 0 Å². The molecule has 1 saturated carbocycles. The molecule has 0 aliphatic heterocycles. The van der Waals surface area contributed by atoms with Gasteiger partial charge in [-0.2, -0.15) is 4.98 Å². The summed E-state index contributed by atoms with van der Waals surface area (Å²) in [7, 11) is 0. The van der Waals surface area contributed by atoms with Crippen LogP contribution in [0.2, 0.25) is 5.02 Å². The zero-order valence-corrected chi connectivity index (χ0v) is 15.9. The molecule has 0 bridgehead atoms. The van der Waals surface area contributed by atoms with E-state index in [2.05, 4.69) is 10.1 Å². The molecule has 4 rings (SSSR count). The van der Waals surface area contributed by atoms with Crippen LogP contribution in [0.4, 0.5) is 0 Å². The Labute approximate surface area is 162 Å². The lowest BCUT2D eigenvalue weighted by molar-refractivity contribution is -0.109. The van der Waals surface area contributed by atoms with Crippen molar-refractivity contribution in [2.75, 3.05) is 0 Å². The highest BCUT2D eigenvalue weighted by Gasteiger charge is 2.44. The van der Waals surface area contributed by atoms with Crippen LogP contribution in [0.5, 0.6) is 5.75 Å². The summed E-state index contributed by atoms with van der Waals surface area (Å²) in [5.41, 5.74) is 2.31. The predicted octanol–water partition coefficient (Wildman–Crippen LogP) is 5.07. The van der Waals surface area contributed by atoms with Gasteiger partial charge in [0.05, 0.1) is 16.5 Å². The summed E-state index contributed by atoms with van der Waals surface area (Å²) >= 11 is 6.29. The number of benzene rings is 2. The van der Waals surface area contributed by atoms with Crippen molar-refractivity contribution in [3.05, 3.63) is 53.1 Å². The van der Waals surface area contributed by atoms with Crippen molar-refractivity contribution in [1.29, 1.82) is 0 Å². The average Bonchev–Trinajstić information content (AvgIpc) is 3.32. The fourth-order valence-corrected chi connectivity index (χ4v) is 3.23. The molecule has 0 amide bonds. The van der Waals surface area contributed by atoms with Crippen LogP contribution in [-0.4, -0.2) is 22.5 Å². The van der Waals surface area contributed by atoms with Crippen LogP contribution in [0.1, 0.15) is 32.3 Å². The second kappa shape index (κ2) is 6.82. The minimum absolute atomic E-state index is 0.0436. The van der Waals surface area contributed by atoms with Gasteiger partial charge < -0.3 is 14.1 Å². The van der Waals surface area contributed by atoms with Crippen LogP contribution < -0.4 is 4.74 Å². The Balaban J connectivity index is 1.57. The molecular weight excluding hydrogens is 364 g/mol. The number of aromatic nitrogens is 2. The lowest BCUT2D eigenvalue weighted by Crippen LogP contribution is -2.07. The van der Waals surface area contributed by atoms with Gasteiger partial charge in [0.15, 0.2) is 0 Å². The number of carbonyl (C=O) groups excluding carboxylic acids is 1. The van der Waals surface area contributed by atoms with E-state index < -0.39 is 0 Å². The molecule has 0 saturated heterocycles.